The molecule has 1 aliphatic heterocycles. The molecule has 0 N–H and O–H groups in total. The van der Waals surface area contributed by atoms with Crippen LogP contribution in [0.15, 0.2) is 24.4 Å². The number of hydrogen-bond donors (Lipinski definition) is 0. The minimum Gasteiger partial charge on any atom is -0.372 e. The zero-order valence-corrected chi connectivity index (χ0v) is 9.16. The lowest BCUT2D eigenvalue weighted by Gasteiger charge is -2.12. The van der Waals surface area contributed by atoms with Gasteiger partial charge in [0.2, 0.25) is 0 Å². The summed E-state index contributed by atoms with van der Waals surface area (Å²) in [6.07, 6.45) is 2.23. The molecule has 15 heavy (non-hydrogen) atoms. The molecular formula is C13H15NO. The molecular weight excluding hydrogens is 186 g/mol. The smallest absolute Gasteiger partial charge is 0.0742 e. The number of aromatic nitrogens is 1. The molecule has 0 spiro atoms. The second-order valence-corrected chi connectivity index (χ2v) is 4.46. The molecule has 0 bridgehead atoms. The van der Waals surface area contributed by atoms with Gasteiger partial charge < -0.3 is 9.30 Å². The maximum atomic E-state index is 5.57. The van der Waals surface area contributed by atoms with Crippen molar-refractivity contribution in [1.82, 2.24) is 4.57 Å². The zero-order chi connectivity index (χ0) is 10.4. The quantitative estimate of drug-likeness (QED) is 0.690. The SMILES string of the molecule is CC(C)n1cc2c3c(cccc31)COC2. The van der Waals surface area contributed by atoms with Crippen molar-refractivity contribution in [2.24, 2.45) is 0 Å². The Labute approximate surface area is 89.5 Å². The third-order valence-corrected chi connectivity index (χ3v) is 3.09. The first-order valence-electron chi connectivity index (χ1n) is 5.46. The van der Waals surface area contributed by atoms with Gasteiger partial charge in [-0.2, -0.15) is 0 Å². The van der Waals surface area contributed by atoms with Crippen molar-refractivity contribution in [3.05, 3.63) is 35.5 Å². The van der Waals surface area contributed by atoms with Crippen LogP contribution in [-0.4, -0.2) is 4.57 Å². The van der Waals surface area contributed by atoms with Crippen molar-refractivity contribution in [2.75, 3.05) is 0 Å². The van der Waals surface area contributed by atoms with E-state index in [0.29, 0.717) is 6.04 Å². The Kier molecular flexibility index (Phi) is 1.86. The van der Waals surface area contributed by atoms with Gasteiger partial charge in [0.25, 0.3) is 0 Å². The van der Waals surface area contributed by atoms with Gasteiger partial charge in [0.15, 0.2) is 0 Å². The average Bonchev–Trinajstić information content (AvgIpc) is 2.61. The largest absolute Gasteiger partial charge is 0.372 e. The maximum Gasteiger partial charge on any atom is 0.0742 e. The molecule has 1 aromatic heterocycles. The molecule has 0 aliphatic carbocycles. The monoisotopic (exact) mass is 201 g/mol. The van der Waals surface area contributed by atoms with E-state index < -0.39 is 0 Å². The van der Waals surface area contributed by atoms with Crippen LogP contribution in [-0.2, 0) is 18.0 Å². The van der Waals surface area contributed by atoms with Crippen LogP contribution in [0, 0.1) is 0 Å². The first kappa shape index (κ1) is 8.98. The summed E-state index contributed by atoms with van der Waals surface area (Å²) < 4.78 is 7.90. The van der Waals surface area contributed by atoms with Gasteiger partial charge in [0.1, 0.15) is 0 Å². The molecule has 1 aliphatic rings. The highest BCUT2D eigenvalue weighted by Gasteiger charge is 2.17. The van der Waals surface area contributed by atoms with E-state index in [-0.39, 0.29) is 0 Å². The van der Waals surface area contributed by atoms with E-state index >= 15 is 0 Å². The van der Waals surface area contributed by atoms with Crippen LogP contribution in [0.1, 0.15) is 31.0 Å². The molecule has 0 saturated carbocycles. The Morgan fingerprint density at radius 3 is 2.80 bits per heavy atom. The number of benzene rings is 1. The predicted octanol–water partition coefficient (Wildman–Crippen LogP) is 3.25. The van der Waals surface area contributed by atoms with Gasteiger partial charge in [-0.3, -0.25) is 0 Å². The fraction of sp³-hybridized carbons (Fsp3) is 0.385. The molecule has 2 aromatic rings. The molecule has 0 amide bonds. The Balaban J connectivity index is 2.38. The Hall–Kier alpha value is -1.28. The van der Waals surface area contributed by atoms with E-state index in [2.05, 4.69) is 42.8 Å². The van der Waals surface area contributed by atoms with Crippen molar-refractivity contribution in [1.29, 1.82) is 0 Å². The number of rotatable bonds is 1. The topological polar surface area (TPSA) is 14.2 Å². The minimum absolute atomic E-state index is 0.509. The molecule has 2 nitrogen and oxygen atoms in total. The van der Waals surface area contributed by atoms with Crippen molar-refractivity contribution in [3.8, 4) is 0 Å². The summed E-state index contributed by atoms with van der Waals surface area (Å²) in [5, 5.41) is 1.41. The van der Waals surface area contributed by atoms with Crippen molar-refractivity contribution < 1.29 is 4.74 Å². The summed E-state index contributed by atoms with van der Waals surface area (Å²) in [4.78, 5) is 0. The summed E-state index contributed by atoms with van der Waals surface area (Å²) in [5.41, 5.74) is 4.01. The number of ether oxygens (including phenoxy) is 1. The van der Waals surface area contributed by atoms with Gasteiger partial charge in [0, 0.05) is 28.7 Å². The van der Waals surface area contributed by atoms with Crippen LogP contribution in [0.3, 0.4) is 0 Å². The Morgan fingerprint density at radius 1 is 1.20 bits per heavy atom. The maximum absolute atomic E-state index is 5.57. The molecule has 0 radical (unpaired) electrons. The molecule has 0 unspecified atom stereocenters. The molecule has 2 heteroatoms. The lowest BCUT2D eigenvalue weighted by molar-refractivity contribution is 0.103. The first-order chi connectivity index (χ1) is 7.27. The lowest BCUT2D eigenvalue weighted by atomic mass is 10.1. The molecule has 78 valence electrons. The van der Waals surface area contributed by atoms with Gasteiger partial charge in [-0.1, -0.05) is 12.1 Å². The predicted molar refractivity (Wildman–Crippen MR) is 60.8 cm³/mol. The summed E-state index contributed by atoms with van der Waals surface area (Å²) in [7, 11) is 0. The second-order valence-electron chi connectivity index (χ2n) is 4.46. The highest BCUT2D eigenvalue weighted by atomic mass is 16.5. The summed E-state index contributed by atoms with van der Waals surface area (Å²) in [5.74, 6) is 0. The molecule has 3 rings (SSSR count). The van der Waals surface area contributed by atoms with Crippen LogP contribution in [0.2, 0.25) is 0 Å². The van der Waals surface area contributed by atoms with Gasteiger partial charge in [-0.05, 0) is 25.5 Å². The van der Waals surface area contributed by atoms with Crippen molar-refractivity contribution in [3.63, 3.8) is 0 Å². The molecule has 1 aromatic carbocycles. The standard InChI is InChI=1S/C13H15NO/c1-9(2)14-6-11-8-15-7-10-4-3-5-12(14)13(10)11/h3-6,9H,7-8H2,1-2H3. The zero-order valence-electron chi connectivity index (χ0n) is 9.16. The van der Waals surface area contributed by atoms with E-state index in [1.54, 1.807) is 0 Å². The first-order valence-corrected chi connectivity index (χ1v) is 5.46. The summed E-state index contributed by atoms with van der Waals surface area (Å²) in [6.45, 7) is 5.95. The number of hydrogen-bond acceptors (Lipinski definition) is 1. The third kappa shape index (κ3) is 1.21. The van der Waals surface area contributed by atoms with E-state index in [1.807, 2.05) is 0 Å². The minimum atomic E-state index is 0.509. The van der Waals surface area contributed by atoms with E-state index in [0.717, 1.165) is 13.2 Å². The van der Waals surface area contributed by atoms with Crippen LogP contribution in [0.5, 0.6) is 0 Å². The normalized spacial score (nSPS) is 15.1. The fourth-order valence-corrected chi connectivity index (χ4v) is 2.40. The van der Waals surface area contributed by atoms with Gasteiger partial charge in [0.05, 0.1) is 13.2 Å². The summed E-state index contributed by atoms with van der Waals surface area (Å²) >= 11 is 0. The van der Waals surface area contributed by atoms with E-state index in [9.17, 15) is 0 Å². The van der Waals surface area contributed by atoms with Crippen LogP contribution in [0.4, 0.5) is 0 Å². The van der Waals surface area contributed by atoms with Gasteiger partial charge in [-0.25, -0.2) is 0 Å². The van der Waals surface area contributed by atoms with E-state index in [4.69, 9.17) is 4.74 Å². The lowest BCUT2D eigenvalue weighted by Crippen LogP contribution is -2.00. The number of nitrogens with zero attached hydrogens (tertiary/aromatic N) is 1. The highest BCUT2D eigenvalue weighted by molar-refractivity contribution is 5.87. The van der Waals surface area contributed by atoms with Gasteiger partial charge in [-0.15, -0.1) is 0 Å². The van der Waals surface area contributed by atoms with Crippen molar-refractivity contribution >= 4 is 10.9 Å². The second kappa shape index (κ2) is 3.11. The van der Waals surface area contributed by atoms with Gasteiger partial charge >= 0.3 is 0 Å². The highest BCUT2D eigenvalue weighted by Crippen LogP contribution is 2.31. The molecule has 0 fully saturated rings. The average molecular weight is 201 g/mol. The fourth-order valence-electron chi connectivity index (χ4n) is 2.40. The third-order valence-electron chi connectivity index (χ3n) is 3.09. The molecule has 0 atom stereocenters. The van der Waals surface area contributed by atoms with Crippen LogP contribution >= 0.6 is 0 Å². The Bertz CT molecular complexity index is 510. The van der Waals surface area contributed by atoms with Crippen molar-refractivity contribution in [2.45, 2.75) is 33.1 Å². The molecule has 0 saturated heterocycles. The van der Waals surface area contributed by atoms with Crippen LogP contribution < -0.4 is 0 Å². The van der Waals surface area contributed by atoms with E-state index in [1.165, 1.54) is 22.0 Å². The molecule has 2 heterocycles. The Morgan fingerprint density at radius 2 is 2.00 bits per heavy atom. The summed E-state index contributed by atoms with van der Waals surface area (Å²) in [6, 6.07) is 6.99. The van der Waals surface area contributed by atoms with Crippen LogP contribution in [0.25, 0.3) is 10.9 Å².